The lowest BCUT2D eigenvalue weighted by molar-refractivity contribution is 0.684. The van der Waals surface area contributed by atoms with E-state index in [-0.39, 0.29) is 5.92 Å². The molecule has 0 bridgehead atoms. The zero-order chi connectivity index (χ0) is 12.1. The number of nitrogens with zero attached hydrogens (tertiary/aromatic N) is 4. The van der Waals surface area contributed by atoms with Gasteiger partial charge in [-0.05, 0) is 13.8 Å². The van der Waals surface area contributed by atoms with Crippen molar-refractivity contribution in [2.75, 3.05) is 18.0 Å². The van der Waals surface area contributed by atoms with E-state index >= 15 is 0 Å². The van der Waals surface area contributed by atoms with Crippen LogP contribution < -0.4 is 4.90 Å². The summed E-state index contributed by atoms with van der Waals surface area (Å²) in [6.07, 6.45) is 0. The highest BCUT2D eigenvalue weighted by Gasteiger charge is 2.14. The van der Waals surface area contributed by atoms with Gasteiger partial charge in [-0.2, -0.15) is 5.26 Å². The van der Waals surface area contributed by atoms with Crippen LogP contribution in [0.1, 0.15) is 13.8 Å². The molecular weight excluding hydrogens is 247 g/mol. The van der Waals surface area contributed by atoms with Crippen molar-refractivity contribution < 1.29 is 0 Å². The molecule has 0 amide bonds. The normalized spacial score (nSPS) is 11.9. The number of anilines is 1. The quantitative estimate of drug-likeness (QED) is 0.834. The molecular formula is C10H12Cl2N4. The molecule has 0 aromatic carbocycles. The first-order chi connectivity index (χ1) is 7.58. The molecule has 0 fully saturated rings. The van der Waals surface area contributed by atoms with Crippen LogP contribution in [0.15, 0.2) is 6.07 Å². The summed E-state index contributed by atoms with van der Waals surface area (Å²) in [7, 11) is 0. The third-order valence-corrected chi connectivity index (χ3v) is 2.59. The lowest BCUT2D eigenvalue weighted by atomic mass is 10.2. The molecule has 0 aliphatic carbocycles. The Morgan fingerprint density at radius 2 is 2.19 bits per heavy atom. The Kier molecular flexibility index (Phi) is 4.78. The van der Waals surface area contributed by atoms with Crippen LogP contribution in [-0.2, 0) is 0 Å². The van der Waals surface area contributed by atoms with E-state index < -0.39 is 0 Å². The van der Waals surface area contributed by atoms with Crippen LogP contribution in [-0.4, -0.2) is 23.3 Å². The second-order valence-electron chi connectivity index (χ2n) is 3.41. The summed E-state index contributed by atoms with van der Waals surface area (Å²) in [4.78, 5) is 1.96. The van der Waals surface area contributed by atoms with E-state index in [9.17, 15) is 0 Å². The first-order valence-corrected chi connectivity index (χ1v) is 5.67. The van der Waals surface area contributed by atoms with Gasteiger partial charge < -0.3 is 4.90 Å². The minimum Gasteiger partial charge on any atom is -0.368 e. The van der Waals surface area contributed by atoms with Crippen LogP contribution in [0, 0.1) is 17.2 Å². The second kappa shape index (κ2) is 5.88. The molecule has 0 saturated heterocycles. The Hall–Kier alpha value is -1.05. The summed E-state index contributed by atoms with van der Waals surface area (Å²) in [5.74, 6) is -0.0806. The highest BCUT2D eigenvalue weighted by Crippen LogP contribution is 2.25. The maximum absolute atomic E-state index is 8.79. The van der Waals surface area contributed by atoms with E-state index in [2.05, 4.69) is 16.3 Å². The number of aromatic nitrogens is 2. The van der Waals surface area contributed by atoms with Crippen LogP contribution in [0.25, 0.3) is 0 Å². The zero-order valence-corrected chi connectivity index (χ0v) is 10.6. The topological polar surface area (TPSA) is 52.8 Å². The van der Waals surface area contributed by atoms with E-state index in [0.29, 0.717) is 22.5 Å². The molecule has 16 heavy (non-hydrogen) atoms. The average molecular weight is 259 g/mol. The van der Waals surface area contributed by atoms with Crippen LogP contribution in [0.5, 0.6) is 0 Å². The number of hydrogen-bond acceptors (Lipinski definition) is 4. The molecule has 1 aromatic rings. The predicted octanol–water partition coefficient (Wildman–Crippen LogP) is 2.77. The highest BCUT2D eigenvalue weighted by atomic mass is 35.5. The van der Waals surface area contributed by atoms with Gasteiger partial charge in [-0.1, -0.05) is 23.2 Å². The van der Waals surface area contributed by atoms with Crippen molar-refractivity contribution in [3.05, 3.63) is 16.4 Å². The number of rotatable bonds is 4. The fourth-order valence-electron chi connectivity index (χ4n) is 1.34. The monoisotopic (exact) mass is 258 g/mol. The van der Waals surface area contributed by atoms with Crippen molar-refractivity contribution >= 4 is 28.9 Å². The van der Waals surface area contributed by atoms with E-state index in [1.54, 1.807) is 6.07 Å². The lowest BCUT2D eigenvalue weighted by Crippen LogP contribution is -2.28. The molecule has 4 nitrogen and oxygen atoms in total. The lowest BCUT2D eigenvalue weighted by Gasteiger charge is -2.24. The first-order valence-electron chi connectivity index (χ1n) is 4.91. The maximum atomic E-state index is 8.79. The summed E-state index contributed by atoms with van der Waals surface area (Å²) in [6, 6.07) is 3.84. The third kappa shape index (κ3) is 3.22. The molecule has 0 aliphatic rings. The van der Waals surface area contributed by atoms with E-state index in [0.717, 1.165) is 6.54 Å². The van der Waals surface area contributed by atoms with Crippen molar-refractivity contribution in [2.45, 2.75) is 13.8 Å². The van der Waals surface area contributed by atoms with Crippen molar-refractivity contribution in [1.82, 2.24) is 10.2 Å². The Bertz CT molecular complexity index is 402. The summed E-state index contributed by atoms with van der Waals surface area (Å²) >= 11 is 11.7. The maximum Gasteiger partial charge on any atom is 0.175 e. The first kappa shape index (κ1) is 13.0. The smallest absolute Gasteiger partial charge is 0.175 e. The molecule has 1 atom stereocenters. The summed E-state index contributed by atoms with van der Waals surface area (Å²) in [5, 5.41) is 16.8. The van der Waals surface area contributed by atoms with Crippen molar-refractivity contribution in [2.24, 2.45) is 5.92 Å². The van der Waals surface area contributed by atoms with Gasteiger partial charge in [-0.25, -0.2) is 0 Å². The second-order valence-corrected chi connectivity index (χ2v) is 4.16. The van der Waals surface area contributed by atoms with Gasteiger partial charge in [0.1, 0.15) is 0 Å². The molecule has 6 heteroatoms. The number of halogens is 2. The van der Waals surface area contributed by atoms with Crippen LogP contribution in [0.3, 0.4) is 0 Å². The molecule has 1 unspecified atom stereocenters. The number of nitriles is 1. The fourth-order valence-corrected chi connectivity index (χ4v) is 1.69. The van der Waals surface area contributed by atoms with Crippen LogP contribution in [0.2, 0.25) is 10.3 Å². The van der Waals surface area contributed by atoms with E-state index in [1.165, 1.54) is 0 Å². The zero-order valence-electron chi connectivity index (χ0n) is 9.11. The Morgan fingerprint density at radius 3 is 2.75 bits per heavy atom. The Balaban J connectivity index is 2.95. The molecule has 0 N–H and O–H groups in total. The highest BCUT2D eigenvalue weighted by molar-refractivity contribution is 6.33. The SMILES string of the molecule is CCN(CC(C)C#N)c1cc(Cl)nnc1Cl. The van der Waals surface area contributed by atoms with Gasteiger partial charge in [-0.3, -0.25) is 0 Å². The summed E-state index contributed by atoms with van der Waals surface area (Å²) in [6.45, 7) is 5.16. The molecule has 0 spiro atoms. The Labute approximate surface area is 105 Å². The van der Waals surface area contributed by atoms with Gasteiger partial charge >= 0.3 is 0 Å². The fraction of sp³-hybridized carbons (Fsp3) is 0.500. The summed E-state index contributed by atoms with van der Waals surface area (Å²) < 4.78 is 0. The minimum atomic E-state index is -0.0806. The van der Waals surface area contributed by atoms with Crippen molar-refractivity contribution in [3.8, 4) is 6.07 Å². The molecule has 0 aliphatic heterocycles. The Morgan fingerprint density at radius 1 is 1.50 bits per heavy atom. The molecule has 0 saturated carbocycles. The molecule has 1 heterocycles. The van der Waals surface area contributed by atoms with Gasteiger partial charge in [-0.15, -0.1) is 10.2 Å². The van der Waals surface area contributed by atoms with Gasteiger partial charge in [0.25, 0.3) is 0 Å². The largest absolute Gasteiger partial charge is 0.368 e. The number of hydrogen-bond donors (Lipinski definition) is 0. The molecule has 1 rings (SSSR count). The van der Waals surface area contributed by atoms with E-state index in [4.69, 9.17) is 28.5 Å². The van der Waals surface area contributed by atoms with Crippen molar-refractivity contribution in [3.63, 3.8) is 0 Å². The van der Waals surface area contributed by atoms with Crippen molar-refractivity contribution in [1.29, 1.82) is 5.26 Å². The standard InChI is InChI=1S/C10H12Cl2N4/c1-3-16(6-7(2)5-13)8-4-9(11)14-15-10(8)12/h4,7H,3,6H2,1-2H3. The average Bonchev–Trinajstić information content (AvgIpc) is 2.29. The van der Waals surface area contributed by atoms with Gasteiger partial charge in [0, 0.05) is 19.2 Å². The molecule has 0 radical (unpaired) electrons. The van der Waals surface area contributed by atoms with Gasteiger partial charge in [0.2, 0.25) is 0 Å². The molecule has 86 valence electrons. The third-order valence-electron chi connectivity index (χ3n) is 2.14. The van der Waals surface area contributed by atoms with Gasteiger partial charge in [0.15, 0.2) is 10.3 Å². The predicted molar refractivity (Wildman–Crippen MR) is 64.7 cm³/mol. The molecule has 1 aromatic heterocycles. The van der Waals surface area contributed by atoms with Crippen LogP contribution in [0.4, 0.5) is 5.69 Å². The van der Waals surface area contributed by atoms with Gasteiger partial charge in [0.05, 0.1) is 17.7 Å². The minimum absolute atomic E-state index is 0.0806. The van der Waals surface area contributed by atoms with Crippen LogP contribution >= 0.6 is 23.2 Å². The van der Waals surface area contributed by atoms with E-state index in [1.807, 2.05) is 18.7 Å². The summed E-state index contributed by atoms with van der Waals surface area (Å²) in [5.41, 5.74) is 0.714.